The van der Waals surface area contributed by atoms with Gasteiger partial charge in [0.25, 0.3) is 0 Å². The highest BCUT2D eigenvalue weighted by molar-refractivity contribution is 6.36. The Kier molecular flexibility index (Phi) is 1.81. The molecular weight excluding hydrogens is 188 g/mol. The molecule has 13 heavy (non-hydrogen) atoms. The summed E-state index contributed by atoms with van der Waals surface area (Å²) in [7, 11) is 0. The average Bonchev–Trinajstić information content (AvgIpc) is 2.50. The highest BCUT2D eigenvalue weighted by atomic mass is 35.5. The Hall–Kier alpha value is -1.35. The fourth-order valence-electron chi connectivity index (χ4n) is 1.35. The van der Waals surface area contributed by atoms with Crippen LogP contribution in [0.1, 0.15) is 16.1 Å². The second-order valence-electron chi connectivity index (χ2n) is 2.83. The lowest BCUT2D eigenvalue weighted by Gasteiger charge is -1.95. The molecule has 4 heteroatoms. The number of nitrogens with zero attached hydrogens (tertiary/aromatic N) is 1. The smallest absolute Gasteiger partial charge is 0.152 e. The first-order chi connectivity index (χ1) is 6.24. The van der Waals surface area contributed by atoms with E-state index in [9.17, 15) is 4.79 Å². The van der Waals surface area contributed by atoms with Crippen LogP contribution in [0.3, 0.4) is 0 Å². The molecule has 0 spiro atoms. The van der Waals surface area contributed by atoms with Crippen LogP contribution in [0.4, 0.5) is 0 Å². The SMILES string of the molecule is Cc1[nH]nc2c(C=O)ccc(Cl)c12. The van der Waals surface area contributed by atoms with Crippen molar-refractivity contribution in [3.05, 3.63) is 28.4 Å². The topological polar surface area (TPSA) is 45.8 Å². The van der Waals surface area contributed by atoms with Crippen LogP contribution in [0.15, 0.2) is 12.1 Å². The van der Waals surface area contributed by atoms with Crippen LogP contribution in [0.2, 0.25) is 5.02 Å². The van der Waals surface area contributed by atoms with Crippen LogP contribution in [0.25, 0.3) is 10.9 Å². The minimum atomic E-state index is 0.559. The van der Waals surface area contributed by atoms with Crippen LogP contribution in [-0.2, 0) is 0 Å². The third-order valence-electron chi connectivity index (χ3n) is 2.00. The van der Waals surface area contributed by atoms with E-state index in [1.165, 1.54) is 0 Å². The van der Waals surface area contributed by atoms with E-state index >= 15 is 0 Å². The summed E-state index contributed by atoms with van der Waals surface area (Å²) in [5.41, 5.74) is 2.08. The standard InChI is InChI=1S/C9H7ClN2O/c1-5-8-7(10)3-2-6(4-13)9(8)12-11-5/h2-4H,1H3,(H,11,12). The number of nitrogens with one attached hydrogen (secondary N) is 1. The van der Waals surface area contributed by atoms with E-state index in [-0.39, 0.29) is 0 Å². The van der Waals surface area contributed by atoms with Crippen molar-refractivity contribution in [3.63, 3.8) is 0 Å². The molecule has 0 atom stereocenters. The molecule has 1 aromatic heterocycles. The van der Waals surface area contributed by atoms with Gasteiger partial charge in [0.15, 0.2) is 6.29 Å². The van der Waals surface area contributed by atoms with Gasteiger partial charge in [-0.3, -0.25) is 9.89 Å². The molecule has 2 rings (SSSR count). The first-order valence-corrected chi connectivity index (χ1v) is 4.20. The molecule has 0 aliphatic carbocycles. The van der Waals surface area contributed by atoms with Gasteiger partial charge in [0.2, 0.25) is 0 Å². The molecule has 0 unspecified atom stereocenters. The number of hydrogen-bond donors (Lipinski definition) is 1. The Labute approximate surface area is 79.7 Å². The molecule has 0 aliphatic rings. The van der Waals surface area contributed by atoms with E-state index in [1.807, 2.05) is 6.92 Å². The van der Waals surface area contributed by atoms with E-state index < -0.39 is 0 Å². The van der Waals surface area contributed by atoms with Gasteiger partial charge in [-0.25, -0.2) is 0 Å². The number of halogens is 1. The van der Waals surface area contributed by atoms with Crippen molar-refractivity contribution in [1.29, 1.82) is 0 Å². The predicted octanol–water partition coefficient (Wildman–Crippen LogP) is 2.34. The van der Waals surface area contributed by atoms with E-state index in [2.05, 4.69) is 10.2 Å². The van der Waals surface area contributed by atoms with Crippen molar-refractivity contribution < 1.29 is 4.79 Å². The fraction of sp³-hybridized carbons (Fsp3) is 0.111. The molecule has 1 aromatic carbocycles. The Balaban J connectivity index is 2.95. The van der Waals surface area contributed by atoms with Crippen LogP contribution in [0, 0.1) is 6.92 Å². The van der Waals surface area contributed by atoms with Crippen molar-refractivity contribution in [3.8, 4) is 0 Å². The van der Waals surface area contributed by atoms with Gasteiger partial charge < -0.3 is 0 Å². The van der Waals surface area contributed by atoms with Crippen LogP contribution >= 0.6 is 11.6 Å². The molecule has 0 saturated carbocycles. The molecular formula is C9H7ClN2O. The van der Waals surface area contributed by atoms with Gasteiger partial charge >= 0.3 is 0 Å². The van der Waals surface area contributed by atoms with Gasteiger partial charge in [-0.1, -0.05) is 11.6 Å². The summed E-state index contributed by atoms with van der Waals surface area (Å²) < 4.78 is 0. The Morgan fingerprint density at radius 2 is 2.31 bits per heavy atom. The van der Waals surface area contributed by atoms with Gasteiger partial charge in [0.1, 0.15) is 5.52 Å². The molecule has 66 valence electrons. The quantitative estimate of drug-likeness (QED) is 0.709. The van der Waals surface area contributed by atoms with E-state index in [1.54, 1.807) is 12.1 Å². The van der Waals surface area contributed by atoms with Gasteiger partial charge in [0.05, 0.1) is 5.02 Å². The van der Waals surface area contributed by atoms with Crippen LogP contribution < -0.4 is 0 Å². The number of hydrogen-bond acceptors (Lipinski definition) is 2. The summed E-state index contributed by atoms with van der Waals surface area (Å²) >= 11 is 5.96. The third kappa shape index (κ3) is 1.12. The Morgan fingerprint density at radius 1 is 1.54 bits per heavy atom. The van der Waals surface area contributed by atoms with Gasteiger partial charge in [-0.15, -0.1) is 0 Å². The molecule has 1 N–H and O–H groups in total. The second kappa shape index (κ2) is 2.85. The number of aromatic amines is 1. The van der Waals surface area contributed by atoms with E-state index in [0.717, 1.165) is 17.4 Å². The first-order valence-electron chi connectivity index (χ1n) is 3.82. The third-order valence-corrected chi connectivity index (χ3v) is 2.31. The molecule has 0 saturated heterocycles. The highest BCUT2D eigenvalue weighted by Gasteiger charge is 2.09. The van der Waals surface area contributed by atoms with Crippen LogP contribution in [0.5, 0.6) is 0 Å². The number of fused-ring (bicyclic) bond motifs is 1. The minimum absolute atomic E-state index is 0.559. The largest absolute Gasteiger partial charge is 0.298 e. The second-order valence-corrected chi connectivity index (χ2v) is 3.23. The van der Waals surface area contributed by atoms with Gasteiger partial charge in [-0.2, -0.15) is 5.10 Å². The summed E-state index contributed by atoms with van der Waals surface area (Å²) in [6.07, 6.45) is 0.777. The van der Waals surface area contributed by atoms with Crippen molar-refractivity contribution >= 4 is 28.8 Å². The molecule has 3 nitrogen and oxygen atoms in total. The fourth-order valence-corrected chi connectivity index (χ4v) is 1.64. The Morgan fingerprint density at radius 3 is 3.00 bits per heavy atom. The predicted molar refractivity (Wildman–Crippen MR) is 51.2 cm³/mol. The number of aromatic nitrogens is 2. The number of carbonyl (C=O) groups excluding carboxylic acids is 1. The zero-order valence-electron chi connectivity index (χ0n) is 6.97. The molecule has 0 fully saturated rings. The van der Waals surface area contributed by atoms with Gasteiger partial charge in [0, 0.05) is 16.6 Å². The summed E-state index contributed by atoms with van der Waals surface area (Å²) in [5.74, 6) is 0. The molecule has 0 radical (unpaired) electrons. The summed E-state index contributed by atoms with van der Waals surface area (Å²) in [6.45, 7) is 1.87. The van der Waals surface area contributed by atoms with Crippen molar-refractivity contribution in [2.75, 3.05) is 0 Å². The maximum absolute atomic E-state index is 10.6. The maximum Gasteiger partial charge on any atom is 0.152 e. The number of rotatable bonds is 1. The lowest BCUT2D eigenvalue weighted by atomic mass is 10.1. The maximum atomic E-state index is 10.6. The van der Waals surface area contributed by atoms with Crippen molar-refractivity contribution in [1.82, 2.24) is 10.2 Å². The van der Waals surface area contributed by atoms with Gasteiger partial charge in [-0.05, 0) is 19.1 Å². The number of aryl methyl sites for hydroxylation is 1. The molecule has 0 aliphatic heterocycles. The average molecular weight is 195 g/mol. The number of benzene rings is 1. The Bertz CT molecular complexity index is 476. The van der Waals surface area contributed by atoms with E-state index in [4.69, 9.17) is 11.6 Å². The zero-order valence-corrected chi connectivity index (χ0v) is 7.72. The lowest BCUT2D eigenvalue weighted by molar-refractivity contribution is 0.112. The first kappa shape index (κ1) is 8.26. The summed E-state index contributed by atoms with van der Waals surface area (Å²) in [5, 5.41) is 8.25. The highest BCUT2D eigenvalue weighted by Crippen LogP contribution is 2.26. The van der Waals surface area contributed by atoms with Crippen molar-refractivity contribution in [2.45, 2.75) is 6.92 Å². The van der Waals surface area contributed by atoms with E-state index in [0.29, 0.717) is 16.1 Å². The normalized spacial score (nSPS) is 10.6. The number of aldehydes is 1. The lowest BCUT2D eigenvalue weighted by Crippen LogP contribution is -1.82. The molecule has 1 heterocycles. The summed E-state index contributed by atoms with van der Waals surface area (Å²) in [6, 6.07) is 3.37. The minimum Gasteiger partial charge on any atom is -0.298 e. The monoisotopic (exact) mass is 194 g/mol. The molecule has 0 bridgehead atoms. The number of carbonyl (C=O) groups is 1. The van der Waals surface area contributed by atoms with Crippen molar-refractivity contribution in [2.24, 2.45) is 0 Å². The zero-order chi connectivity index (χ0) is 9.42. The summed E-state index contributed by atoms with van der Waals surface area (Å²) in [4.78, 5) is 10.6. The molecule has 0 amide bonds. The van der Waals surface area contributed by atoms with Crippen LogP contribution in [-0.4, -0.2) is 16.5 Å². The number of H-pyrrole nitrogens is 1. The molecule has 2 aromatic rings.